The molecular weight excluding hydrogens is 395 g/mol. The second kappa shape index (κ2) is 6.86. The minimum absolute atomic E-state index is 0.0373. The maximum absolute atomic E-state index is 13.2. The average molecular weight is 413 g/mol. The number of pyridine rings is 2. The Morgan fingerprint density at radius 1 is 1.07 bits per heavy atom. The second-order valence-electron chi connectivity index (χ2n) is 7.63. The molecule has 1 aromatic carbocycles. The number of aromatic nitrogens is 2. The van der Waals surface area contributed by atoms with E-state index in [4.69, 9.17) is 0 Å². The summed E-state index contributed by atoms with van der Waals surface area (Å²) in [4.78, 5) is 22.1. The lowest BCUT2D eigenvalue weighted by Crippen LogP contribution is -2.37. The summed E-state index contributed by atoms with van der Waals surface area (Å²) in [5, 5.41) is 7.63. The Labute approximate surface area is 170 Å². The Morgan fingerprint density at radius 3 is 2.63 bits per heavy atom. The van der Waals surface area contributed by atoms with E-state index in [2.05, 4.69) is 20.6 Å². The van der Waals surface area contributed by atoms with E-state index >= 15 is 0 Å². The van der Waals surface area contributed by atoms with E-state index in [1.807, 2.05) is 24.3 Å². The minimum Gasteiger partial charge on any atom is -0.355 e. The Kier molecular flexibility index (Phi) is 4.27. The highest BCUT2D eigenvalue weighted by Crippen LogP contribution is 2.48. The highest BCUT2D eigenvalue weighted by atomic mass is 19.4. The molecule has 30 heavy (non-hydrogen) atoms. The van der Waals surface area contributed by atoms with Crippen molar-refractivity contribution in [2.75, 3.05) is 23.3 Å². The van der Waals surface area contributed by atoms with Crippen LogP contribution in [0.1, 0.15) is 5.56 Å². The summed E-state index contributed by atoms with van der Waals surface area (Å²) in [6.45, 7) is 0.880. The first-order valence-electron chi connectivity index (χ1n) is 9.59. The molecule has 154 valence electrons. The Bertz CT molecular complexity index is 1100. The van der Waals surface area contributed by atoms with Crippen molar-refractivity contribution in [1.29, 1.82) is 0 Å². The molecule has 9 heteroatoms. The summed E-state index contributed by atoms with van der Waals surface area (Å²) >= 11 is 0. The van der Waals surface area contributed by atoms with Gasteiger partial charge in [-0.1, -0.05) is 12.1 Å². The first kappa shape index (κ1) is 18.7. The predicted octanol–water partition coefficient (Wildman–Crippen LogP) is 3.90. The van der Waals surface area contributed by atoms with Gasteiger partial charge in [-0.3, -0.25) is 4.98 Å². The van der Waals surface area contributed by atoms with E-state index in [0.717, 1.165) is 16.8 Å². The van der Waals surface area contributed by atoms with Gasteiger partial charge in [0.1, 0.15) is 5.82 Å². The van der Waals surface area contributed by atoms with Gasteiger partial charge in [-0.25, -0.2) is 9.78 Å². The smallest absolute Gasteiger partial charge is 0.355 e. The van der Waals surface area contributed by atoms with Crippen LogP contribution in [-0.2, 0) is 6.18 Å². The van der Waals surface area contributed by atoms with Gasteiger partial charge >= 0.3 is 12.2 Å². The quantitative estimate of drug-likeness (QED) is 0.683. The number of nitrogens with zero attached hydrogens (tertiary/aromatic N) is 3. The highest BCUT2D eigenvalue weighted by molar-refractivity contribution is 6.01. The van der Waals surface area contributed by atoms with E-state index in [1.54, 1.807) is 17.3 Å². The van der Waals surface area contributed by atoms with Crippen molar-refractivity contribution in [2.24, 2.45) is 11.8 Å². The molecule has 2 atom stereocenters. The molecule has 0 spiro atoms. The highest BCUT2D eigenvalue weighted by Gasteiger charge is 2.57. The van der Waals surface area contributed by atoms with Gasteiger partial charge in [0, 0.05) is 60.3 Å². The number of hydrogen-bond donors (Lipinski definition) is 2. The number of anilines is 2. The van der Waals surface area contributed by atoms with Crippen LogP contribution in [0.15, 0.2) is 55.0 Å². The average Bonchev–Trinajstić information content (AvgIpc) is 3.16. The topological polar surface area (TPSA) is 70.2 Å². The fourth-order valence-electron chi connectivity index (χ4n) is 4.32. The largest absolute Gasteiger partial charge is 0.419 e. The number of rotatable bonds is 3. The summed E-state index contributed by atoms with van der Waals surface area (Å²) < 4.78 is 39.7. The van der Waals surface area contributed by atoms with Gasteiger partial charge < -0.3 is 15.5 Å². The van der Waals surface area contributed by atoms with E-state index in [-0.39, 0.29) is 29.7 Å². The lowest BCUT2D eigenvalue weighted by molar-refractivity contribution is -0.137. The van der Waals surface area contributed by atoms with E-state index < -0.39 is 11.7 Å². The fraction of sp³-hybridized carbons (Fsp3) is 0.286. The molecule has 1 saturated carbocycles. The maximum atomic E-state index is 13.2. The van der Waals surface area contributed by atoms with Crippen LogP contribution in [0.25, 0.3) is 10.8 Å². The van der Waals surface area contributed by atoms with Crippen molar-refractivity contribution in [2.45, 2.75) is 12.2 Å². The van der Waals surface area contributed by atoms with Gasteiger partial charge in [0.05, 0.1) is 11.3 Å². The predicted molar refractivity (Wildman–Crippen MR) is 106 cm³/mol. The van der Waals surface area contributed by atoms with Crippen LogP contribution in [-0.4, -0.2) is 35.1 Å². The third-order valence-corrected chi connectivity index (χ3v) is 5.81. The molecule has 0 radical (unpaired) electrons. The second-order valence-corrected chi connectivity index (χ2v) is 7.63. The SMILES string of the molecule is O=C(Nc1cccc2cnccc12)NC1C2CN(c3ncccc3C(F)(F)F)CC21. The van der Waals surface area contributed by atoms with Gasteiger partial charge in [0.15, 0.2) is 0 Å². The molecule has 3 heterocycles. The molecule has 1 saturated heterocycles. The van der Waals surface area contributed by atoms with Gasteiger partial charge in [-0.05, 0) is 24.3 Å². The molecule has 3 aromatic rings. The zero-order valence-corrected chi connectivity index (χ0v) is 15.7. The van der Waals surface area contributed by atoms with Crippen LogP contribution >= 0.6 is 0 Å². The first-order chi connectivity index (χ1) is 14.4. The molecule has 6 nitrogen and oxygen atoms in total. The number of alkyl halides is 3. The van der Waals surface area contributed by atoms with Crippen molar-refractivity contribution in [1.82, 2.24) is 15.3 Å². The van der Waals surface area contributed by atoms with Crippen LogP contribution < -0.4 is 15.5 Å². The van der Waals surface area contributed by atoms with Crippen molar-refractivity contribution in [3.05, 3.63) is 60.6 Å². The lowest BCUT2D eigenvalue weighted by atomic mass is 10.1. The molecular formula is C21H18F3N5O. The summed E-state index contributed by atoms with van der Waals surface area (Å²) in [6.07, 6.45) is 0.322. The number of urea groups is 1. The van der Waals surface area contributed by atoms with E-state index in [9.17, 15) is 18.0 Å². The molecule has 1 aliphatic heterocycles. The number of nitrogens with one attached hydrogen (secondary N) is 2. The van der Waals surface area contributed by atoms with E-state index in [1.165, 1.54) is 12.3 Å². The van der Waals surface area contributed by atoms with Gasteiger partial charge in [0.25, 0.3) is 0 Å². The van der Waals surface area contributed by atoms with Crippen LogP contribution in [0.2, 0.25) is 0 Å². The zero-order valence-electron chi connectivity index (χ0n) is 15.7. The van der Waals surface area contributed by atoms with Gasteiger partial charge in [-0.15, -0.1) is 0 Å². The Balaban J connectivity index is 1.22. The first-order valence-corrected chi connectivity index (χ1v) is 9.59. The van der Waals surface area contributed by atoms with E-state index in [0.29, 0.717) is 18.8 Å². The summed E-state index contributed by atoms with van der Waals surface area (Å²) in [5.74, 6) is 0.205. The summed E-state index contributed by atoms with van der Waals surface area (Å²) in [5.41, 5.74) is -0.0397. The molecule has 1 aliphatic carbocycles. The third kappa shape index (κ3) is 3.30. The molecule has 2 aliphatic rings. The Hall–Kier alpha value is -3.36. The van der Waals surface area contributed by atoms with Gasteiger partial charge in [0.2, 0.25) is 0 Å². The van der Waals surface area contributed by atoms with Crippen molar-refractivity contribution >= 4 is 28.3 Å². The van der Waals surface area contributed by atoms with Crippen molar-refractivity contribution < 1.29 is 18.0 Å². The number of amides is 2. The van der Waals surface area contributed by atoms with Crippen LogP contribution in [0.5, 0.6) is 0 Å². The molecule has 0 bridgehead atoms. The minimum atomic E-state index is -4.44. The van der Waals surface area contributed by atoms with Gasteiger partial charge in [-0.2, -0.15) is 13.2 Å². The molecule has 5 rings (SSSR count). The Morgan fingerprint density at radius 2 is 1.87 bits per heavy atom. The number of carbonyl (C=O) groups excluding carboxylic acids is 1. The zero-order chi connectivity index (χ0) is 20.9. The van der Waals surface area contributed by atoms with Crippen LogP contribution in [0.3, 0.4) is 0 Å². The molecule has 2 unspecified atom stereocenters. The maximum Gasteiger partial charge on any atom is 0.419 e. The molecule has 2 N–H and O–H groups in total. The summed E-state index contributed by atoms with van der Waals surface area (Å²) in [7, 11) is 0. The lowest BCUT2D eigenvalue weighted by Gasteiger charge is -2.24. The normalized spacial score (nSPS) is 22.6. The summed E-state index contributed by atoms with van der Waals surface area (Å²) in [6, 6.07) is 9.38. The number of hydrogen-bond acceptors (Lipinski definition) is 4. The number of piperidine rings is 1. The number of benzene rings is 1. The molecule has 2 fully saturated rings. The third-order valence-electron chi connectivity index (χ3n) is 5.81. The monoisotopic (exact) mass is 413 g/mol. The number of halogens is 3. The fourth-order valence-corrected chi connectivity index (χ4v) is 4.32. The van der Waals surface area contributed by atoms with Crippen molar-refractivity contribution in [3.63, 3.8) is 0 Å². The standard InChI is InChI=1S/C21H18F3N5O/c22-21(23,24)16-4-2-7-26-19(16)29-10-14-15(11-29)18(14)28-20(30)27-17-5-1-3-12-9-25-8-6-13(12)17/h1-9,14-15,18H,10-11H2,(H2,27,28,30). The van der Waals surface area contributed by atoms with Crippen LogP contribution in [0, 0.1) is 11.8 Å². The van der Waals surface area contributed by atoms with Crippen LogP contribution in [0.4, 0.5) is 29.5 Å². The number of fused-ring (bicyclic) bond motifs is 2. The number of carbonyl (C=O) groups is 1. The molecule has 2 aromatic heterocycles. The van der Waals surface area contributed by atoms with Crippen molar-refractivity contribution in [3.8, 4) is 0 Å². The molecule has 2 amide bonds.